The van der Waals surface area contributed by atoms with Crippen LogP contribution in [0.25, 0.3) is 11.0 Å². The molecule has 1 aliphatic heterocycles. The smallest absolute Gasteiger partial charge is 0.294 e. The van der Waals surface area contributed by atoms with Gasteiger partial charge in [0.05, 0.1) is 11.6 Å². The Morgan fingerprint density at radius 1 is 1.11 bits per heavy atom. The molecule has 174 valence electrons. The number of pyridine rings is 1. The number of aliphatic hydroxyl groups excluding tert-OH is 1. The van der Waals surface area contributed by atoms with Gasteiger partial charge in [0.15, 0.2) is 11.5 Å². The standard InChI is InChI=1S/C26H18ClN3O5/c1-14(31)29-18-5-7-19(8-6-18)30-23(15-3-2-10-28-13-15)22(25(33)26(30)34)24(32)21-12-16-11-17(27)4-9-20(16)35-21/h2-13,23,33H,1H3,(H,29,31). The molecule has 0 fully saturated rings. The topological polar surface area (TPSA) is 113 Å². The summed E-state index contributed by atoms with van der Waals surface area (Å²) in [5.74, 6) is -2.31. The number of amides is 2. The predicted molar refractivity (Wildman–Crippen MR) is 130 cm³/mol. The summed E-state index contributed by atoms with van der Waals surface area (Å²) in [5, 5.41) is 14.6. The largest absolute Gasteiger partial charge is 0.503 e. The molecular weight excluding hydrogens is 470 g/mol. The zero-order valence-electron chi connectivity index (χ0n) is 18.4. The molecule has 1 atom stereocenters. The number of anilines is 2. The molecular formula is C26H18ClN3O5. The highest BCUT2D eigenvalue weighted by Crippen LogP contribution is 2.42. The third kappa shape index (κ3) is 4.04. The van der Waals surface area contributed by atoms with Crippen LogP contribution in [0.4, 0.5) is 11.4 Å². The Bertz CT molecular complexity index is 1510. The van der Waals surface area contributed by atoms with Crippen LogP contribution < -0.4 is 10.2 Å². The first-order valence-corrected chi connectivity index (χ1v) is 11.0. The van der Waals surface area contributed by atoms with Crippen molar-refractivity contribution < 1.29 is 23.9 Å². The van der Waals surface area contributed by atoms with Gasteiger partial charge in [0.25, 0.3) is 5.91 Å². The van der Waals surface area contributed by atoms with Crippen molar-refractivity contribution in [3.8, 4) is 0 Å². The molecule has 2 aromatic carbocycles. The summed E-state index contributed by atoms with van der Waals surface area (Å²) < 4.78 is 5.72. The molecule has 2 amide bonds. The second-order valence-electron chi connectivity index (χ2n) is 7.98. The van der Waals surface area contributed by atoms with Crippen LogP contribution in [-0.2, 0) is 9.59 Å². The maximum Gasteiger partial charge on any atom is 0.294 e. The lowest BCUT2D eigenvalue weighted by Crippen LogP contribution is -2.31. The first kappa shape index (κ1) is 22.4. The van der Waals surface area contributed by atoms with Crippen molar-refractivity contribution in [1.82, 2.24) is 4.98 Å². The first-order valence-electron chi connectivity index (χ1n) is 10.6. The molecule has 35 heavy (non-hydrogen) atoms. The van der Waals surface area contributed by atoms with Gasteiger partial charge in [0.2, 0.25) is 11.7 Å². The Morgan fingerprint density at radius 2 is 1.89 bits per heavy atom. The highest BCUT2D eigenvalue weighted by atomic mass is 35.5. The molecule has 2 N–H and O–H groups in total. The number of benzene rings is 2. The van der Waals surface area contributed by atoms with Crippen LogP contribution >= 0.6 is 11.6 Å². The number of aliphatic hydroxyl groups is 1. The van der Waals surface area contributed by atoms with E-state index in [1.165, 1.54) is 24.1 Å². The third-order valence-electron chi connectivity index (χ3n) is 5.62. The van der Waals surface area contributed by atoms with Crippen molar-refractivity contribution in [3.05, 3.63) is 101 Å². The monoisotopic (exact) mass is 487 g/mol. The van der Waals surface area contributed by atoms with Gasteiger partial charge in [-0.15, -0.1) is 0 Å². The van der Waals surface area contributed by atoms with Crippen LogP contribution in [0.1, 0.15) is 29.1 Å². The van der Waals surface area contributed by atoms with Gasteiger partial charge in [-0.05, 0) is 60.2 Å². The highest BCUT2D eigenvalue weighted by Gasteiger charge is 2.45. The molecule has 5 rings (SSSR count). The van der Waals surface area contributed by atoms with Crippen molar-refractivity contribution in [3.63, 3.8) is 0 Å². The van der Waals surface area contributed by atoms with Crippen LogP contribution in [-0.4, -0.2) is 27.7 Å². The van der Waals surface area contributed by atoms with Crippen LogP contribution in [0, 0.1) is 0 Å². The number of carbonyl (C=O) groups excluding carboxylic acids is 3. The highest BCUT2D eigenvalue weighted by molar-refractivity contribution is 6.31. The lowest BCUT2D eigenvalue weighted by atomic mass is 9.96. The van der Waals surface area contributed by atoms with Crippen LogP contribution in [0.3, 0.4) is 0 Å². The zero-order valence-corrected chi connectivity index (χ0v) is 19.1. The third-order valence-corrected chi connectivity index (χ3v) is 5.86. The van der Waals surface area contributed by atoms with Gasteiger partial charge in [-0.3, -0.25) is 24.3 Å². The molecule has 0 saturated heterocycles. The minimum Gasteiger partial charge on any atom is -0.503 e. The Hall–Kier alpha value is -4.43. The van der Waals surface area contributed by atoms with Crippen molar-refractivity contribution in [2.75, 3.05) is 10.2 Å². The minimum atomic E-state index is -0.952. The number of carbonyl (C=O) groups is 3. The summed E-state index contributed by atoms with van der Waals surface area (Å²) in [5.41, 5.74) is 1.81. The number of furan rings is 1. The lowest BCUT2D eigenvalue weighted by molar-refractivity contribution is -0.117. The molecule has 0 spiro atoms. The molecule has 2 aromatic heterocycles. The summed E-state index contributed by atoms with van der Waals surface area (Å²) in [7, 11) is 0. The Morgan fingerprint density at radius 3 is 2.57 bits per heavy atom. The lowest BCUT2D eigenvalue weighted by Gasteiger charge is -2.26. The fraction of sp³-hybridized carbons (Fsp3) is 0.0769. The van der Waals surface area contributed by atoms with Crippen molar-refractivity contribution in [2.24, 2.45) is 0 Å². The second-order valence-corrected chi connectivity index (χ2v) is 8.41. The number of Topliss-reactive ketones (excluding diaryl/α,β-unsaturated/α-hetero) is 1. The van der Waals surface area contributed by atoms with E-state index in [1.54, 1.807) is 60.8 Å². The number of hydrogen-bond donors (Lipinski definition) is 2. The summed E-state index contributed by atoms with van der Waals surface area (Å²) in [6, 6.07) is 15.4. The number of rotatable bonds is 5. The molecule has 4 aromatic rings. The van der Waals surface area contributed by atoms with Gasteiger partial charge in [0, 0.05) is 41.1 Å². The zero-order chi connectivity index (χ0) is 24.7. The van der Waals surface area contributed by atoms with E-state index in [1.807, 2.05) is 0 Å². The van der Waals surface area contributed by atoms with E-state index in [0.29, 0.717) is 32.9 Å². The van der Waals surface area contributed by atoms with E-state index < -0.39 is 23.5 Å². The number of halogens is 1. The van der Waals surface area contributed by atoms with Crippen LogP contribution in [0.2, 0.25) is 5.02 Å². The van der Waals surface area contributed by atoms with Crippen molar-refractivity contribution in [2.45, 2.75) is 13.0 Å². The van der Waals surface area contributed by atoms with Gasteiger partial charge in [0.1, 0.15) is 5.58 Å². The fourth-order valence-electron chi connectivity index (χ4n) is 4.12. The average Bonchev–Trinajstić information content (AvgIpc) is 3.38. The number of nitrogens with zero attached hydrogens (tertiary/aromatic N) is 2. The predicted octanol–water partition coefficient (Wildman–Crippen LogP) is 5.22. The van der Waals surface area contributed by atoms with E-state index in [4.69, 9.17) is 16.0 Å². The maximum absolute atomic E-state index is 13.6. The quantitative estimate of drug-likeness (QED) is 0.373. The molecule has 3 heterocycles. The normalized spacial score (nSPS) is 15.7. The van der Waals surface area contributed by atoms with Crippen molar-refractivity contribution >= 4 is 51.5 Å². The van der Waals surface area contributed by atoms with E-state index in [-0.39, 0.29) is 17.2 Å². The van der Waals surface area contributed by atoms with Gasteiger partial charge in [-0.25, -0.2) is 0 Å². The van der Waals surface area contributed by atoms with E-state index in [0.717, 1.165) is 0 Å². The van der Waals surface area contributed by atoms with Crippen LogP contribution in [0.5, 0.6) is 0 Å². The molecule has 1 aliphatic rings. The molecule has 8 nitrogen and oxygen atoms in total. The Kier molecular flexibility index (Phi) is 5.58. The molecule has 0 radical (unpaired) electrons. The average molecular weight is 488 g/mol. The van der Waals surface area contributed by atoms with E-state index in [2.05, 4.69) is 10.3 Å². The molecule has 0 aliphatic carbocycles. The number of nitrogens with one attached hydrogen (secondary N) is 1. The first-order chi connectivity index (χ1) is 16.8. The summed E-state index contributed by atoms with van der Waals surface area (Å²) >= 11 is 6.05. The second kappa shape index (κ2) is 8.73. The molecule has 1 unspecified atom stereocenters. The fourth-order valence-corrected chi connectivity index (χ4v) is 4.30. The molecule has 0 bridgehead atoms. The SMILES string of the molecule is CC(=O)Nc1ccc(N2C(=O)C(O)=C(C(=O)c3cc4cc(Cl)ccc4o3)C2c2cccnc2)cc1. The van der Waals surface area contributed by atoms with Gasteiger partial charge in [-0.1, -0.05) is 17.7 Å². The molecule has 9 heteroatoms. The minimum absolute atomic E-state index is 0.0339. The Balaban J connectivity index is 1.59. The molecule has 0 saturated carbocycles. The Labute approximate surface area is 204 Å². The van der Waals surface area contributed by atoms with E-state index in [9.17, 15) is 19.5 Å². The number of fused-ring (bicyclic) bond motifs is 1. The number of hydrogen-bond acceptors (Lipinski definition) is 6. The van der Waals surface area contributed by atoms with Gasteiger partial charge < -0.3 is 14.8 Å². The maximum atomic E-state index is 13.6. The van der Waals surface area contributed by atoms with Crippen molar-refractivity contribution in [1.29, 1.82) is 0 Å². The number of aromatic nitrogens is 1. The number of ketones is 1. The van der Waals surface area contributed by atoms with Crippen LogP contribution in [0.15, 0.2) is 88.8 Å². The van der Waals surface area contributed by atoms with Gasteiger partial charge >= 0.3 is 0 Å². The van der Waals surface area contributed by atoms with E-state index >= 15 is 0 Å². The summed E-state index contributed by atoms with van der Waals surface area (Å²) in [6.07, 6.45) is 3.10. The summed E-state index contributed by atoms with van der Waals surface area (Å²) in [6.45, 7) is 1.39. The van der Waals surface area contributed by atoms with Gasteiger partial charge in [-0.2, -0.15) is 0 Å². The summed E-state index contributed by atoms with van der Waals surface area (Å²) in [4.78, 5) is 43.6.